The van der Waals surface area contributed by atoms with Crippen LogP contribution in [0, 0.1) is 0 Å². The lowest BCUT2D eigenvalue weighted by molar-refractivity contribution is -0.141. The molecule has 2 aromatic rings. The summed E-state index contributed by atoms with van der Waals surface area (Å²) in [5.74, 6) is -0.607. The number of H-pyrrole nitrogens is 1. The molecule has 2 rings (SSSR count). The number of halogens is 5. The molecule has 0 spiro atoms. The molecule has 0 aliphatic heterocycles. The number of carbonyl (C=O) groups excluding carboxylic acids is 1. The second-order valence-electron chi connectivity index (χ2n) is 6.15. The molecule has 0 saturated heterocycles. The van der Waals surface area contributed by atoms with Crippen molar-refractivity contribution in [3.05, 3.63) is 51.3 Å². The fourth-order valence-corrected chi connectivity index (χ4v) is 3.12. The summed E-state index contributed by atoms with van der Waals surface area (Å²) in [6, 6.07) is 5.61. The fourth-order valence-electron chi connectivity index (χ4n) is 2.65. The molecule has 1 amide bonds. The molecule has 1 aromatic heterocycles. The zero-order valence-corrected chi connectivity index (χ0v) is 17.0. The molecule has 0 aliphatic rings. The third-order valence-electron chi connectivity index (χ3n) is 4.35. The highest BCUT2D eigenvalue weighted by molar-refractivity contribution is 6.35. The van der Waals surface area contributed by atoms with Crippen LogP contribution in [0.25, 0.3) is 0 Å². The van der Waals surface area contributed by atoms with Gasteiger partial charge >= 0.3 is 6.18 Å². The Morgan fingerprint density at radius 1 is 1.14 bits per heavy atom. The maximum atomic E-state index is 12.8. The number of benzene rings is 1. The van der Waals surface area contributed by atoms with Gasteiger partial charge in [-0.15, -0.1) is 0 Å². The van der Waals surface area contributed by atoms with Crippen LogP contribution in [-0.4, -0.2) is 52.1 Å². The van der Waals surface area contributed by atoms with Gasteiger partial charge in [0.05, 0.1) is 0 Å². The molecule has 1 N–H and O–H groups in total. The number of rotatable bonds is 8. The summed E-state index contributed by atoms with van der Waals surface area (Å²) in [7, 11) is 0. The van der Waals surface area contributed by atoms with E-state index in [1.54, 1.807) is 18.2 Å². The second-order valence-corrected chi connectivity index (χ2v) is 7.00. The molecule has 0 bridgehead atoms. The van der Waals surface area contributed by atoms with Crippen molar-refractivity contribution in [3.63, 3.8) is 0 Å². The number of carbonyl (C=O) groups is 1. The Bertz CT molecular complexity index is 806. The molecule has 0 unspecified atom stereocenters. The van der Waals surface area contributed by atoms with Crippen LogP contribution >= 0.6 is 23.2 Å². The van der Waals surface area contributed by atoms with Crippen molar-refractivity contribution >= 4 is 29.1 Å². The lowest BCUT2D eigenvalue weighted by Gasteiger charge is -2.26. The number of nitrogens with one attached hydrogen (secondary N) is 1. The van der Waals surface area contributed by atoms with Crippen LogP contribution in [0.1, 0.15) is 35.6 Å². The molecule has 0 radical (unpaired) electrons. The van der Waals surface area contributed by atoms with Gasteiger partial charge in [-0.3, -0.25) is 9.89 Å². The lowest BCUT2D eigenvalue weighted by atomic mass is 10.2. The van der Waals surface area contributed by atoms with E-state index in [1.165, 1.54) is 4.90 Å². The van der Waals surface area contributed by atoms with Crippen LogP contribution in [0.4, 0.5) is 13.2 Å². The molecule has 0 atom stereocenters. The molecule has 5 nitrogen and oxygen atoms in total. The van der Waals surface area contributed by atoms with Gasteiger partial charge in [-0.2, -0.15) is 18.3 Å². The first-order chi connectivity index (χ1) is 13.2. The Hall–Kier alpha value is -1.77. The first-order valence-corrected chi connectivity index (χ1v) is 9.49. The third-order valence-corrected chi connectivity index (χ3v) is 4.93. The SMILES string of the molecule is CCN(CC)CCN(Cc1ccc(Cl)cc1Cl)C(=O)c1cc(C(F)(F)F)[nH]n1. The number of alkyl halides is 3. The van der Waals surface area contributed by atoms with E-state index in [-0.39, 0.29) is 12.2 Å². The monoisotopic (exact) mass is 436 g/mol. The normalized spacial score (nSPS) is 11.9. The number of aromatic nitrogens is 2. The minimum atomic E-state index is -4.60. The molecular weight excluding hydrogens is 416 g/mol. The molecule has 0 fully saturated rings. The lowest BCUT2D eigenvalue weighted by Crippen LogP contribution is -2.38. The van der Waals surface area contributed by atoms with E-state index < -0.39 is 17.8 Å². The van der Waals surface area contributed by atoms with Crippen molar-refractivity contribution in [1.29, 1.82) is 0 Å². The van der Waals surface area contributed by atoms with Gasteiger partial charge in [0, 0.05) is 35.7 Å². The third kappa shape index (κ3) is 5.86. The van der Waals surface area contributed by atoms with Gasteiger partial charge in [0.2, 0.25) is 0 Å². The number of aromatic amines is 1. The maximum Gasteiger partial charge on any atom is 0.432 e. The Morgan fingerprint density at radius 2 is 1.82 bits per heavy atom. The van der Waals surface area contributed by atoms with Gasteiger partial charge in [-0.05, 0) is 30.8 Å². The summed E-state index contributed by atoms with van der Waals surface area (Å²) >= 11 is 12.1. The first-order valence-electron chi connectivity index (χ1n) is 8.73. The van der Waals surface area contributed by atoms with E-state index in [1.807, 2.05) is 18.9 Å². The molecular formula is C18H21Cl2F3N4O. The van der Waals surface area contributed by atoms with Crippen LogP contribution in [0.5, 0.6) is 0 Å². The van der Waals surface area contributed by atoms with Gasteiger partial charge in [-0.25, -0.2) is 0 Å². The van der Waals surface area contributed by atoms with E-state index in [2.05, 4.69) is 10.00 Å². The summed E-state index contributed by atoms with van der Waals surface area (Å²) in [5.41, 5.74) is -0.716. The van der Waals surface area contributed by atoms with Crippen LogP contribution in [0.2, 0.25) is 10.0 Å². The molecule has 1 heterocycles. The predicted octanol–water partition coefficient (Wildman–Crippen LogP) is 4.72. The molecule has 0 aliphatic carbocycles. The summed E-state index contributed by atoms with van der Waals surface area (Å²) < 4.78 is 38.4. The fraction of sp³-hybridized carbons (Fsp3) is 0.444. The van der Waals surface area contributed by atoms with E-state index >= 15 is 0 Å². The Morgan fingerprint density at radius 3 is 2.36 bits per heavy atom. The summed E-state index contributed by atoms with van der Waals surface area (Å²) in [5, 5.41) is 6.26. The predicted molar refractivity (Wildman–Crippen MR) is 103 cm³/mol. The molecule has 154 valence electrons. The van der Waals surface area contributed by atoms with Crippen molar-refractivity contribution in [2.75, 3.05) is 26.2 Å². The van der Waals surface area contributed by atoms with Crippen molar-refractivity contribution < 1.29 is 18.0 Å². The number of amides is 1. The summed E-state index contributed by atoms with van der Waals surface area (Å²) in [6.45, 7) is 6.59. The first kappa shape index (κ1) is 22.5. The number of hydrogen-bond donors (Lipinski definition) is 1. The van der Waals surface area contributed by atoms with Crippen LogP contribution in [-0.2, 0) is 12.7 Å². The van der Waals surface area contributed by atoms with Crippen LogP contribution in [0.15, 0.2) is 24.3 Å². The van der Waals surface area contributed by atoms with Crippen molar-refractivity contribution in [1.82, 2.24) is 20.0 Å². The Balaban J connectivity index is 2.25. The Labute approximate surface area is 171 Å². The van der Waals surface area contributed by atoms with Crippen molar-refractivity contribution in [2.24, 2.45) is 0 Å². The average Bonchev–Trinajstić information content (AvgIpc) is 3.13. The van der Waals surface area contributed by atoms with Crippen molar-refractivity contribution in [2.45, 2.75) is 26.6 Å². The number of nitrogens with zero attached hydrogens (tertiary/aromatic N) is 3. The highest BCUT2D eigenvalue weighted by Crippen LogP contribution is 2.28. The van der Waals surface area contributed by atoms with Gasteiger partial charge in [0.1, 0.15) is 5.69 Å². The van der Waals surface area contributed by atoms with E-state index in [9.17, 15) is 18.0 Å². The zero-order valence-electron chi connectivity index (χ0n) is 15.5. The maximum absolute atomic E-state index is 12.8. The summed E-state index contributed by atoms with van der Waals surface area (Å²) in [6.07, 6.45) is -4.60. The van der Waals surface area contributed by atoms with E-state index in [0.717, 1.165) is 19.2 Å². The van der Waals surface area contributed by atoms with Gasteiger partial charge < -0.3 is 9.80 Å². The second kappa shape index (κ2) is 9.62. The van der Waals surface area contributed by atoms with Gasteiger partial charge in [-0.1, -0.05) is 43.1 Å². The molecule has 10 heteroatoms. The van der Waals surface area contributed by atoms with Crippen LogP contribution in [0.3, 0.4) is 0 Å². The largest absolute Gasteiger partial charge is 0.432 e. The molecule has 0 saturated carbocycles. The Kier molecular flexibility index (Phi) is 7.74. The van der Waals surface area contributed by atoms with Crippen molar-refractivity contribution in [3.8, 4) is 0 Å². The standard InChI is InChI=1S/C18H21Cl2F3N4O/c1-3-26(4-2)7-8-27(11-12-5-6-13(19)9-14(12)20)17(28)15-10-16(25-24-15)18(21,22)23/h5-6,9-10H,3-4,7-8,11H2,1-2H3,(H,24,25). The van der Waals surface area contributed by atoms with E-state index in [0.29, 0.717) is 28.7 Å². The smallest absolute Gasteiger partial charge is 0.332 e. The highest BCUT2D eigenvalue weighted by Gasteiger charge is 2.34. The van der Waals surface area contributed by atoms with Gasteiger partial charge in [0.25, 0.3) is 5.91 Å². The minimum Gasteiger partial charge on any atom is -0.332 e. The zero-order chi connectivity index (χ0) is 20.9. The van der Waals surface area contributed by atoms with Crippen LogP contribution < -0.4 is 0 Å². The van der Waals surface area contributed by atoms with E-state index in [4.69, 9.17) is 23.2 Å². The molecule has 1 aromatic carbocycles. The average molecular weight is 437 g/mol. The highest BCUT2D eigenvalue weighted by atomic mass is 35.5. The molecule has 28 heavy (non-hydrogen) atoms. The minimum absolute atomic E-state index is 0.129. The topological polar surface area (TPSA) is 52.2 Å². The number of likely N-dealkylation sites (N-methyl/N-ethyl adjacent to an activating group) is 1. The quantitative estimate of drug-likeness (QED) is 0.651. The summed E-state index contributed by atoms with van der Waals surface area (Å²) in [4.78, 5) is 16.4. The number of hydrogen-bond acceptors (Lipinski definition) is 3. The van der Waals surface area contributed by atoms with Gasteiger partial charge in [0.15, 0.2) is 5.69 Å².